The van der Waals surface area contributed by atoms with E-state index < -0.39 is 11.4 Å². The van der Waals surface area contributed by atoms with Crippen LogP contribution in [0.1, 0.15) is 50.3 Å². The zero-order valence-electron chi connectivity index (χ0n) is 12.5. The SMILES string of the molecule is CCN(Cc1cccs1)C(=O)CC1(C(=O)O)CCCCC1. The molecule has 0 atom stereocenters. The molecule has 21 heavy (non-hydrogen) atoms. The lowest BCUT2D eigenvalue weighted by molar-refractivity contribution is -0.156. The molecule has 1 heterocycles. The molecule has 0 aromatic carbocycles. The van der Waals surface area contributed by atoms with Crippen molar-refractivity contribution in [3.8, 4) is 0 Å². The van der Waals surface area contributed by atoms with Gasteiger partial charge in [0.15, 0.2) is 0 Å². The first-order chi connectivity index (χ1) is 10.1. The Balaban J connectivity index is 2.04. The van der Waals surface area contributed by atoms with Crippen molar-refractivity contribution in [1.82, 2.24) is 4.90 Å². The van der Waals surface area contributed by atoms with Gasteiger partial charge in [-0.15, -0.1) is 11.3 Å². The Morgan fingerprint density at radius 1 is 1.33 bits per heavy atom. The molecule has 1 aliphatic rings. The molecule has 0 radical (unpaired) electrons. The van der Waals surface area contributed by atoms with E-state index in [1.165, 1.54) is 0 Å². The Kier molecular flexibility index (Phi) is 5.39. The predicted octanol–water partition coefficient (Wildman–Crippen LogP) is 3.52. The number of carboxylic acid groups (broad SMARTS) is 1. The zero-order valence-corrected chi connectivity index (χ0v) is 13.3. The number of nitrogens with zero attached hydrogens (tertiary/aromatic N) is 1. The molecule has 4 nitrogen and oxygen atoms in total. The zero-order chi connectivity index (χ0) is 15.3. The molecule has 1 aromatic heterocycles. The van der Waals surface area contributed by atoms with Gasteiger partial charge in [-0.2, -0.15) is 0 Å². The topological polar surface area (TPSA) is 57.6 Å². The maximum Gasteiger partial charge on any atom is 0.310 e. The van der Waals surface area contributed by atoms with Crippen LogP contribution in [0, 0.1) is 5.41 Å². The maximum absolute atomic E-state index is 12.5. The summed E-state index contributed by atoms with van der Waals surface area (Å²) < 4.78 is 0. The van der Waals surface area contributed by atoms with Crippen molar-refractivity contribution in [3.63, 3.8) is 0 Å². The smallest absolute Gasteiger partial charge is 0.310 e. The van der Waals surface area contributed by atoms with Crippen molar-refractivity contribution in [2.45, 2.75) is 52.0 Å². The van der Waals surface area contributed by atoms with E-state index in [-0.39, 0.29) is 12.3 Å². The number of hydrogen-bond acceptors (Lipinski definition) is 3. The molecule has 116 valence electrons. The van der Waals surface area contributed by atoms with Crippen LogP contribution in [0.5, 0.6) is 0 Å². The Morgan fingerprint density at radius 3 is 2.57 bits per heavy atom. The number of amides is 1. The first kappa shape index (κ1) is 16.0. The van der Waals surface area contributed by atoms with Crippen LogP contribution in [0.15, 0.2) is 17.5 Å². The highest BCUT2D eigenvalue weighted by atomic mass is 32.1. The second kappa shape index (κ2) is 7.07. The average Bonchev–Trinajstić information content (AvgIpc) is 2.98. The molecule has 0 unspecified atom stereocenters. The van der Waals surface area contributed by atoms with Gasteiger partial charge in [0.05, 0.1) is 12.0 Å². The number of thiophene rings is 1. The molecule has 2 rings (SSSR count). The largest absolute Gasteiger partial charge is 0.481 e. The summed E-state index contributed by atoms with van der Waals surface area (Å²) in [5, 5.41) is 11.6. The number of carboxylic acids is 1. The Labute approximate surface area is 129 Å². The minimum absolute atomic E-state index is 0.0322. The number of carbonyl (C=O) groups is 2. The molecule has 5 heteroatoms. The first-order valence-electron chi connectivity index (χ1n) is 7.61. The van der Waals surface area contributed by atoms with Crippen LogP contribution in [0.25, 0.3) is 0 Å². The third-order valence-electron chi connectivity index (χ3n) is 4.42. The van der Waals surface area contributed by atoms with Crippen LogP contribution >= 0.6 is 11.3 Å². The highest BCUT2D eigenvalue weighted by Crippen LogP contribution is 2.40. The van der Waals surface area contributed by atoms with Gasteiger partial charge < -0.3 is 10.0 Å². The van der Waals surface area contributed by atoms with Crippen LogP contribution in [0.3, 0.4) is 0 Å². The highest BCUT2D eigenvalue weighted by molar-refractivity contribution is 7.09. The summed E-state index contributed by atoms with van der Waals surface area (Å²) in [6, 6.07) is 3.98. The fourth-order valence-electron chi connectivity index (χ4n) is 3.06. The summed E-state index contributed by atoms with van der Waals surface area (Å²) in [6.07, 6.45) is 4.31. The van der Waals surface area contributed by atoms with Gasteiger partial charge in [0.25, 0.3) is 0 Å². The monoisotopic (exact) mass is 309 g/mol. The Hall–Kier alpha value is -1.36. The van der Waals surface area contributed by atoms with E-state index in [0.29, 0.717) is 25.9 Å². The third kappa shape index (κ3) is 3.84. The van der Waals surface area contributed by atoms with Gasteiger partial charge >= 0.3 is 5.97 Å². The van der Waals surface area contributed by atoms with Crippen LogP contribution in [-0.2, 0) is 16.1 Å². The number of rotatable bonds is 6. The number of carbonyl (C=O) groups excluding carboxylic acids is 1. The Bertz CT molecular complexity index is 478. The van der Waals surface area contributed by atoms with E-state index in [0.717, 1.165) is 24.1 Å². The van der Waals surface area contributed by atoms with Crippen molar-refractivity contribution in [1.29, 1.82) is 0 Å². The maximum atomic E-state index is 12.5. The fraction of sp³-hybridized carbons (Fsp3) is 0.625. The fourth-order valence-corrected chi connectivity index (χ4v) is 3.78. The normalized spacial score (nSPS) is 17.4. The van der Waals surface area contributed by atoms with E-state index in [1.54, 1.807) is 16.2 Å². The summed E-state index contributed by atoms with van der Waals surface area (Å²) in [7, 11) is 0. The number of hydrogen-bond donors (Lipinski definition) is 1. The van der Waals surface area contributed by atoms with Crippen molar-refractivity contribution < 1.29 is 14.7 Å². The second-order valence-electron chi connectivity index (χ2n) is 5.81. The van der Waals surface area contributed by atoms with Gasteiger partial charge in [-0.25, -0.2) is 0 Å². The lowest BCUT2D eigenvalue weighted by Crippen LogP contribution is -2.40. The van der Waals surface area contributed by atoms with E-state index >= 15 is 0 Å². The molecular formula is C16H23NO3S. The van der Waals surface area contributed by atoms with Gasteiger partial charge in [-0.3, -0.25) is 9.59 Å². The van der Waals surface area contributed by atoms with Crippen molar-refractivity contribution >= 4 is 23.2 Å². The van der Waals surface area contributed by atoms with Gasteiger partial charge in [0.2, 0.25) is 5.91 Å². The van der Waals surface area contributed by atoms with Gasteiger partial charge in [0.1, 0.15) is 0 Å². The molecule has 1 aliphatic carbocycles. The van der Waals surface area contributed by atoms with Crippen LogP contribution in [0.4, 0.5) is 0 Å². The molecule has 0 saturated heterocycles. The number of aliphatic carboxylic acids is 1. The van der Waals surface area contributed by atoms with E-state index in [4.69, 9.17) is 0 Å². The highest BCUT2D eigenvalue weighted by Gasteiger charge is 2.42. The molecule has 0 aliphatic heterocycles. The van der Waals surface area contributed by atoms with E-state index in [9.17, 15) is 14.7 Å². The molecule has 1 N–H and O–H groups in total. The summed E-state index contributed by atoms with van der Waals surface area (Å²) in [4.78, 5) is 27.1. The molecule has 0 bridgehead atoms. The molecular weight excluding hydrogens is 286 g/mol. The summed E-state index contributed by atoms with van der Waals surface area (Å²) in [6.45, 7) is 3.15. The summed E-state index contributed by atoms with van der Waals surface area (Å²) in [5.74, 6) is -0.835. The van der Waals surface area contributed by atoms with Crippen molar-refractivity contribution in [2.24, 2.45) is 5.41 Å². The van der Waals surface area contributed by atoms with E-state index in [2.05, 4.69) is 0 Å². The molecule has 0 spiro atoms. The molecule has 1 saturated carbocycles. The van der Waals surface area contributed by atoms with Crippen LogP contribution in [-0.4, -0.2) is 28.4 Å². The average molecular weight is 309 g/mol. The minimum atomic E-state index is -0.835. The van der Waals surface area contributed by atoms with Gasteiger partial charge in [-0.05, 0) is 31.2 Å². The molecule has 1 amide bonds. The van der Waals surface area contributed by atoms with Crippen LogP contribution in [0.2, 0.25) is 0 Å². The van der Waals surface area contributed by atoms with Crippen LogP contribution < -0.4 is 0 Å². The lowest BCUT2D eigenvalue weighted by atomic mass is 9.71. The minimum Gasteiger partial charge on any atom is -0.481 e. The summed E-state index contributed by atoms with van der Waals surface area (Å²) in [5.41, 5.74) is -0.835. The molecule has 1 aromatic rings. The van der Waals surface area contributed by atoms with Crippen molar-refractivity contribution in [3.05, 3.63) is 22.4 Å². The first-order valence-corrected chi connectivity index (χ1v) is 8.49. The van der Waals surface area contributed by atoms with Gasteiger partial charge in [-0.1, -0.05) is 25.3 Å². The van der Waals surface area contributed by atoms with E-state index in [1.807, 2.05) is 24.4 Å². The van der Waals surface area contributed by atoms with Crippen molar-refractivity contribution in [2.75, 3.05) is 6.54 Å². The summed E-state index contributed by atoms with van der Waals surface area (Å²) >= 11 is 1.63. The Morgan fingerprint density at radius 2 is 2.05 bits per heavy atom. The standard InChI is InChI=1S/C16H23NO3S/c1-2-17(12-13-7-6-10-21-13)14(18)11-16(15(19)20)8-4-3-5-9-16/h6-7,10H,2-5,8-9,11-12H2,1H3,(H,19,20). The van der Waals surface area contributed by atoms with Gasteiger partial charge in [0, 0.05) is 17.8 Å². The quantitative estimate of drug-likeness (QED) is 0.874. The molecule has 1 fully saturated rings. The lowest BCUT2D eigenvalue weighted by Gasteiger charge is -2.34. The predicted molar refractivity (Wildman–Crippen MR) is 83.2 cm³/mol. The third-order valence-corrected chi connectivity index (χ3v) is 5.28. The second-order valence-corrected chi connectivity index (χ2v) is 6.84.